The molecule has 0 unspecified atom stereocenters. The molecule has 0 saturated heterocycles. The van der Waals surface area contributed by atoms with Crippen LogP contribution in [0.15, 0.2) is 47.6 Å². The molecule has 33 heavy (non-hydrogen) atoms. The fraction of sp³-hybridized carbons (Fsp3) is 0.400. The minimum atomic E-state index is -0.367. The smallest absolute Gasteiger partial charge is 0.231 e. The molecule has 8 heteroatoms. The summed E-state index contributed by atoms with van der Waals surface area (Å²) >= 11 is 1.41. The molecule has 2 heterocycles. The molecule has 3 aromatic rings. The summed E-state index contributed by atoms with van der Waals surface area (Å²) in [5, 5.41) is 12.6. The number of fused-ring (bicyclic) bond motifs is 1. The van der Waals surface area contributed by atoms with Crippen molar-refractivity contribution in [2.75, 3.05) is 19.0 Å². The van der Waals surface area contributed by atoms with Crippen LogP contribution >= 0.6 is 11.8 Å². The van der Waals surface area contributed by atoms with Crippen molar-refractivity contribution in [3.05, 3.63) is 59.4 Å². The quantitative estimate of drug-likeness (QED) is 0.547. The van der Waals surface area contributed by atoms with Gasteiger partial charge in [0, 0.05) is 5.69 Å². The Bertz CT molecular complexity index is 1170. The van der Waals surface area contributed by atoms with Crippen molar-refractivity contribution in [2.45, 2.75) is 50.2 Å². The summed E-state index contributed by atoms with van der Waals surface area (Å²) in [5.41, 5.74) is 2.88. The lowest BCUT2D eigenvalue weighted by atomic mass is 9.87. The van der Waals surface area contributed by atoms with Crippen molar-refractivity contribution in [3.63, 3.8) is 0 Å². The van der Waals surface area contributed by atoms with E-state index in [0.717, 1.165) is 59.8 Å². The summed E-state index contributed by atoms with van der Waals surface area (Å²) in [6.45, 7) is 5.10. The molecule has 1 saturated carbocycles. The Kier molecular flexibility index (Phi) is 6.01. The summed E-state index contributed by atoms with van der Waals surface area (Å²) in [4.78, 5) is 13.1. The first-order valence-corrected chi connectivity index (χ1v) is 12.4. The van der Waals surface area contributed by atoms with Gasteiger partial charge in [-0.05, 0) is 62.1 Å². The lowest BCUT2D eigenvalue weighted by molar-refractivity contribution is -0.120. The van der Waals surface area contributed by atoms with Gasteiger partial charge in [-0.3, -0.25) is 9.36 Å². The standard InChI is InChI=1S/C25H28N4O3S/c1-17-6-5-7-20(14-17)29-18(2)27-28-24(29)33-16-23(30)26-25(10-3-4-11-25)19-8-9-21-22(15-19)32-13-12-31-21/h5-9,14-15H,3-4,10-13,16H2,1-2H3,(H,26,30). The fourth-order valence-electron chi connectivity index (χ4n) is 4.74. The predicted molar refractivity (Wildman–Crippen MR) is 127 cm³/mol. The van der Waals surface area contributed by atoms with Gasteiger partial charge in [-0.1, -0.05) is 42.8 Å². The van der Waals surface area contributed by atoms with E-state index in [2.05, 4.69) is 40.6 Å². The van der Waals surface area contributed by atoms with Crippen molar-refractivity contribution < 1.29 is 14.3 Å². The average molecular weight is 465 g/mol. The van der Waals surface area contributed by atoms with Crippen LogP contribution in [0.1, 0.15) is 42.6 Å². The van der Waals surface area contributed by atoms with Crippen LogP contribution in [0, 0.1) is 13.8 Å². The van der Waals surface area contributed by atoms with Crippen LogP contribution < -0.4 is 14.8 Å². The minimum absolute atomic E-state index is 0.00626. The number of rotatable bonds is 6. The molecule has 2 aromatic carbocycles. The van der Waals surface area contributed by atoms with Crippen LogP contribution in [0.3, 0.4) is 0 Å². The van der Waals surface area contributed by atoms with Gasteiger partial charge in [0.2, 0.25) is 5.91 Å². The summed E-state index contributed by atoms with van der Waals surface area (Å²) in [6, 6.07) is 14.2. The molecular weight excluding hydrogens is 436 g/mol. The van der Waals surface area contributed by atoms with Crippen LogP contribution in [0.5, 0.6) is 11.5 Å². The monoisotopic (exact) mass is 464 g/mol. The molecule has 2 aliphatic rings. The maximum absolute atomic E-state index is 13.1. The Labute approximate surface area is 197 Å². The highest BCUT2D eigenvalue weighted by atomic mass is 32.2. The van der Waals surface area contributed by atoms with Crippen LogP contribution in [-0.2, 0) is 10.3 Å². The molecule has 1 aliphatic heterocycles. The molecular formula is C25H28N4O3S. The number of benzene rings is 2. The number of aromatic nitrogens is 3. The highest BCUT2D eigenvalue weighted by Gasteiger charge is 2.38. The highest BCUT2D eigenvalue weighted by Crippen LogP contribution is 2.42. The van der Waals surface area contributed by atoms with E-state index in [1.165, 1.54) is 11.8 Å². The first-order chi connectivity index (χ1) is 16.0. The van der Waals surface area contributed by atoms with Crippen molar-refractivity contribution in [2.24, 2.45) is 0 Å². The Balaban J connectivity index is 1.32. The Morgan fingerprint density at radius 2 is 1.85 bits per heavy atom. The number of nitrogens with one attached hydrogen (secondary N) is 1. The number of nitrogens with zero attached hydrogens (tertiary/aromatic N) is 3. The Morgan fingerprint density at radius 1 is 1.06 bits per heavy atom. The van der Waals surface area contributed by atoms with Gasteiger partial charge in [0.25, 0.3) is 0 Å². The van der Waals surface area contributed by atoms with Gasteiger partial charge in [-0.2, -0.15) is 0 Å². The molecule has 1 aliphatic carbocycles. The fourth-order valence-corrected chi connectivity index (χ4v) is 5.54. The lowest BCUT2D eigenvalue weighted by Crippen LogP contribution is -2.44. The number of ether oxygens (including phenoxy) is 2. The first kappa shape index (κ1) is 21.8. The SMILES string of the molecule is Cc1cccc(-n2c(C)nnc2SCC(=O)NC2(c3ccc4c(c3)OCCO4)CCCC2)c1. The predicted octanol–water partition coefficient (Wildman–Crippen LogP) is 4.33. The van der Waals surface area contributed by atoms with E-state index in [9.17, 15) is 4.79 Å². The van der Waals surface area contributed by atoms with Crippen LogP contribution in [0.25, 0.3) is 5.69 Å². The average Bonchev–Trinajstić information content (AvgIpc) is 3.44. The highest BCUT2D eigenvalue weighted by molar-refractivity contribution is 7.99. The second kappa shape index (κ2) is 9.09. The molecule has 0 radical (unpaired) electrons. The maximum atomic E-state index is 13.1. The number of carbonyl (C=O) groups is 1. The molecule has 1 aromatic heterocycles. The molecule has 0 bridgehead atoms. The molecule has 7 nitrogen and oxygen atoms in total. The van der Waals surface area contributed by atoms with Gasteiger partial charge in [0.1, 0.15) is 19.0 Å². The van der Waals surface area contributed by atoms with E-state index in [4.69, 9.17) is 9.47 Å². The van der Waals surface area contributed by atoms with Gasteiger partial charge in [0.05, 0.1) is 11.3 Å². The molecule has 0 atom stereocenters. The number of thioether (sulfide) groups is 1. The van der Waals surface area contributed by atoms with Gasteiger partial charge < -0.3 is 14.8 Å². The topological polar surface area (TPSA) is 78.3 Å². The minimum Gasteiger partial charge on any atom is -0.486 e. The number of hydrogen-bond acceptors (Lipinski definition) is 6. The third-order valence-electron chi connectivity index (χ3n) is 6.32. The summed E-state index contributed by atoms with van der Waals surface area (Å²) in [6.07, 6.45) is 4.01. The van der Waals surface area contributed by atoms with Gasteiger partial charge in [-0.15, -0.1) is 10.2 Å². The normalized spacial score (nSPS) is 16.5. The summed E-state index contributed by atoms with van der Waals surface area (Å²) in [7, 11) is 0. The zero-order valence-corrected chi connectivity index (χ0v) is 19.8. The molecule has 1 fully saturated rings. The first-order valence-electron chi connectivity index (χ1n) is 11.4. The number of hydrogen-bond donors (Lipinski definition) is 1. The molecule has 1 N–H and O–H groups in total. The van der Waals surface area contributed by atoms with Crippen molar-refractivity contribution >= 4 is 17.7 Å². The second-order valence-corrected chi connectivity index (χ2v) is 9.63. The van der Waals surface area contributed by atoms with Crippen LogP contribution in [0.4, 0.5) is 0 Å². The van der Waals surface area contributed by atoms with Gasteiger partial charge >= 0.3 is 0 Å². The van der Waals surface area contributed by atoms with Crippen LogP contribution in [0.2, 0.25) is 0 Å². The van der Waals surface area contributed by atoms with Gasteiger partial charge in [-0.25, -0.2) is 0 Å². The Hall–Kier alpha value is -3.00. The zero-order valence-electron chi connectivity index (χ0n) is 19.0. The van der Waals surface area contributed by atoms with Crippen molar-refractivity contribution in [1.29, 1.82) is 0 Å². The summed E-state index contributed by atoms with van der Waals surface area (Å²) < 4.78 is 13.5. The van der Waals surface area contributed by atoms with Crippen LogP contribution in [-0.4, -0.2) is 39.6 Å². The summed E-state index contributed by atoms with van der Waals surface area (Å²) in [5.74, 6) is 2.59. The van der Waals surface area contributed by atoms with E-state index in [1.54, 1.807) is 0 Å². The number of carbonyl (C=O) groups excluding carboxylic acids is 1. The van der Waals surface area contributed by atoms with Crippen molar-refractivity contribution in [3.8, 4) is 17.2 Å². The zero-order chi connectivity index (χ0) is 22.8. The Morgan fingerprint density at radius 3 is 2.64 bits per heavy atom. The van der Waals surface area contributed by atoms with E-state index >= 15 is 0 Å². The van der Waals surface area contributed by atoms with E-state index in [-0.39, 0.29) is 17.2 Å². The molecule has 172 valence electrons. The maximum Gasteiger partial charge on any atom is 0.231 e. The molecule has 0 spiro atoms. The third kappa shape index (κ3) is 4.44. The second-order valence-electron chi connectivity index (χ2n) is 8.69. The number of aryl methyl sites for hydroxylation is 2. The largest absolute Gasteiger partial charge is 0.486 e. The molecule has 5 rings (SSSR count). The molecule has 1 amide bonds. The third-order valence-corrected chi connectivity index (χ3v) is 7.25. The lowest BCUT2D eigenvalue weighted by Gasteiger charge is -2.32. The van der Waals surface area contributed by atoms with Gasteiger partial charge in [0.15, 0.2) is 16.7 Å². The van der Waals surface area contributed by atoms with Crippen molar-refractivity contribution in [1.82, 2.24) is 20.1 Å². The van der Waals surface area contributed by atoms with E-state index < -0.39 is 0 Å². The van der Waals surface area contributed by atoms with E-state index in [0.29, 0.717) is 18.4 Å². The number of amides is 1. The van der Waals surface area contributed by atoms with E-state index in [1.807, 2.05) is 35.8 Å².